The van der Waals surface area contributed by atoms with Gasteiger partial charge < -0.3 is 18.9 Å². The topological polar surface area (TPSA) is 107 Å². The van der Waals surface area contributed by atoms with Crippen LogP contribution in [0.1, 0.15) is 17.0 Å². The number of pyridine rings is 1. The van der Waals surface area contributed by atoms with Gasteiger partial charge in [-0.1, -0.05) is 6.07 Å². The Hall–Kier alpha value is -3.07. The number of ether oxygens (including phenoxy) is 1. The number of carbonyl (C=O) groups excluding carboxylic acids is 2. The van der Waals surface area contributed by atoms with Gasteiger partial charge in [-0.15, -0.1) is 0 Å². The predicted octanol–water partition coefficient (Wildman–Crippen LogP) is 3.15. The van der Waals surface area contributed by atoms with Gasteiger partial charge in [-0.25, -0.2) is 9.97 Å². The Morgan fingerprint density at radius 3 is 2.86 bits per heavy atom. The van der Waals surface area contributed by atoms with Crippen LogP contribution in [0.5, 0.6) is 5.88 Å². The molecule has 3 aromatic heterocycles. The van der Waals surface area contributed by atoms with E-state index in [9.17, 15) is 9.59 Å². The third-order valence-electron chi connectivity index (χ3n) is 4.22. The van der Waals surface area contributed by atoms with Crippen molar-refractivity contribution in [1.82, 2.24) is 15.3 Å². The van der Waals surface area contributed by atoms with Crippen LogP contribution in [-0.2, 0) is 17.6 Å². The van der Waals surface area contributed by atoms with E-state index in [1.807, 2.05) is 13.0 Å². The Morgan fingerprint density at radius 2 is 2.18 bits per heavy atom. The van der Waals surface area contributed by atoms with Crippen LogP contribution in [0.25, 0.3) is 11.7 Å². The second-order valence-corrected chi connectivity index (χ2v) is 7.19. The van der Waals surface area contributed by atoms with Gasteiger partial charge in [0.05, 0.1) is 18.6 Å². The minimum absolute atomic E-state index is 0.165. The van der Waals surface area contributed by atoms with Crippen LogP contribution in [-0.4, -0.2) is 33.0 Å². The zero-order valence-electron chi connectivity index (χ0n) is 15.0. The molecule has 1 fully saturated rings. The smallest absolute Gasteiger partial charge is 0.287 e. The molecule has 0 radical (unpaired) electrons. The number of hydrogen-bond acceptors (Lipinski definition) is 8. The second kappa shape index (κ2) is 7.89. The van der Waals surface area contributed by atoms with E-state index in [0.717, 1.165) is 17.0 Å². The number of hydrogen-bond donors (Lipinski definition) is 1. The van der Waals surface area contributed by atoms with E-state index in [-0.39, 0.29) is 10.4 Å². The maximum Gasteiger partial charge on any atom is 0.287 e. The van der Waals surface area contributed by atoms with E-state index in [1.165, 1.54) is 0 Å². The molecule has 1 N–H and O–H groups in total. The molecule has 8 nitrogen and oxygen atoms in total. The van der Waals surface area contributed by atoms with Crippen molar-refractivity contribution in [1.29, 1.82) is 0 Å². The summed E-state index contributed by atoms with van der Waals surface area (Å²) in [5.41, 5.74) is 1.65. The van der Waals surface area contributed by atoms with Crippen LogP contribution >= 0.6 is 11.8 Å². The molecule has 1 atom stereocenters. The summed E-state index contributed by atoms with van der Waals surface area (Å²) in [6.07, 6.45) is 4.20. The average Bonchev–Trinajstić information content (AvgIpc) is 3.39. The molecule has 1 amide bonds. The average molecular weight is 399 g/mol. The molecule has 1 saturated heterocycles. The lowest BCUT2D eigenvalue weighted by Crippen LogP contribution is -2.30. The number of nitrogens with zero attached hydrogens (tertiary/aromatic N) is 2. The molecule has 0 aromatic carbocycles. The highest BCUT2D eigenvalue weighted by Crippen LogP contribution is 2.23. The molecule has 4 heterocycles. The first kappa shape index (κ1) is 18.3. The SMILES string of the molecule is Cc1oc(-c2ccco2)nc1CCOc1ccc(CC2NC(=O)SC2=O)cn1. The van der Waals surface area contributed by atoms with Gasteiger partial charge in [0.25, 0.3) is 11.1 Å². The molecule has 3 aromatic rings. The molecule has 0 spiro atoms. The largest absolute Gasteiger partial charge is 0.477 e. The lowest BCUT2D eigenvalue weighted by molar-refractivity contribution is -0.112. The fourth-order valence-corrected chi connectivity index (χ4v) is 3.47. The number of thioether (sulfide) groups is 1. The highest BCUT2D eigenvalue weighted by atomic mass is 32.2. The zero-order valence-corrected chi connectivity index (χ0v) is 15.8. The summed E-state index contributed by atoms with van der Waals surface area (Å²) in [7, 11) is 0. The molecular weight excluding hydrogens is 382 g/mol. The maximum absolute atomic E-state index is 11.7. The van der Waals surface area contributed by atoms with Gasteiger partial charge in [-0.05, 0) is 24.6 Å². The summed E-state index contributed by atoms with van der Waals surface area (Å²) in [6, 6.07) is 6.65. The number of furan rings is 1. The Morgan fingerprint density at radius 1 is 1.29 bits per heavy atom. The summed E-state index contributed by atoms with van der Waals surface area (Å²) >= 11 is 0.708. The molecule has 9 heteroatoms. The Kier molecular flexibility index (Phi) is 5.16. The van der Waals surface area contributed by atoms with Crippen LogP contribution < -0.4 is 10.1 Å². The number of amides is 1. The number of nitrogens with one attached hydrogen (secondary N) is 1. The summed E-state index contributed by atoms with van der Waals surface area (Å²) in [5, 5.41) is 2.16. The zero-order chi connectivity index (χ0) is 19.5. The second-order valence-electron chi connectivity index (χ2n) is 6.21. The van der Waals surface area contributed by atoms with Gasteiger partial charge in [0, 0.05) is 36.9 Å². The van der Waals surface area contributed by atoms with E-state index < -0.39 is 6.04 Å². The van der Waals surface area contributed by atoms with Crippen molar-refractivity contribution in [2.45, 2.75) is 25.8 Å². The van der Waals surface area contributed by atoms with Crippen LogP contribution in [0.4, 0.5) is 4.79 Å². The van der Waals surface area contributed by atoms with Crippen molar-refractivity contribution in [3.05, 3.63) is 53.7 Å². The number of rotatable bonds is 7. The molecule has 1 unspecified atom stereocenters. The fraction of sp³-hybridized carbons (Fsp3) is 0.263. The summed E-state index contributed by atoms with van der Waals surface area (Å²) in [5.74, 6) is 2.24. The first-order valence-electron chi connectivity index (χ1n) is 8.68. The summed E-state index contributed by atoms with van der Waals surface area (Å²) in [6.45, 7) is 2.24. The number of aryl methyl sites for hydroxylation is 1. The number of carbonyl (C=O) groups is 2. The van der Waals surface area contributed by atoms with Gasteiger partial charge in [-0.3, -0.25) is 9.59 Å². The number of aromatic nitrogens is 2. The summed E-state index contributed by atoms with van der Waals surface area (Å²) < 4.78 is 16.6. The predicted molar refractivity (Wildman–Crippen MR) is 101 cm³/mol. The molecule has 0 saturated carbocycles. The van der Waals surface area contributed by atoms with Crippen LogP contribution in [0, 0.1) is 6.92 Å². The van der Waals surface area contributed by atoms with Gasteiger partial charge in [0.15, 0.2) is 5.76 Å². The van der Waals surface area contributed by atoms with Crippen molar-refractivity contribution >= 4 is 22.1 Å². The van der Waals surface area contributed by atoms with Crippen molar-refractivity contribution in [2.75, 3.05) is 6.61 Å². The third kappa shape index (κ3) is 4.09. The van der Waals surface area contributed by atoms with Gasteiger partial charge in [-0.2, -0.15) is 0 Å². The van der Waals surface area contributed by atoms with Gasteiger partial charge in [0.2, 0.25) is 11.0 Å². The molecule has 4 rings (SSSR count). The highest BCUT2D eigenvalue weighted by molar-refractivity contribution is 8.26. The molecule has 0 aliphatic carbocycles. The van der Waals surface area contributed by atoms with Crippen molar-refractivity contribution < 1.29 is 23.2 Å². The molecule has 0 bridgehead atoms. The first-order valence-corrected chi connectivity index (χ1v) is 9.50. The Bertz CT molecular complexity index is 982. The number of oxazole rings is 1. The van der Waals surface area contributed by atoms with Crippen molar-refractivity contribution in [3.63, 3.8) is 0 Å². The fourth-order valence-electron chi connectivity index (χ4n) is 2.80. The molecule has 144 valence electrons. The van der Waals surface area contributed by atoms with E-state index in [0.29, 0.717) is 48.7 Å². The standard InChI is InChI=1S/C19H17N3O5S/c1-11-13(21-17(27-11)15-3-2-7-25-15)6-8-26-16-5-4-12(10-20-16)9-14-18(23)28-19(24)22-14/h2-5,7,10,14H,6,8-9H2,1H3,(H,22,24). The molecule has 1 aliphatic rings. The lowest BCUT2D eigenvalue weighted by atomic mass is 10.1. The first-order chi connectivity index (χ1) is 13.6. The molecule has 28 heavy (non-hydrogen) atoms. The van der Waals surface area contributed by atoms with Crippen molar-refractivity contribution in [3.8, 4) is 17.5 Å². The highest BCUT2D eigenvalue weighted by Gasteiger charge is 2.31. The normalized spacial score (nSPS) is 16.4. The van der Waals surface area contributed by atoms with Crippen LogP contribution in [0.2, 0.25) is 0 Å². The molecular formula is C19H17N3O5S. The van der Waals surface area contributed by atoms with Gasteiger partial charge >= 0.3 is 0 Å². The van der Waals surface area contributed by atoms with E-state index >= 15 is 0 Å². The summed E-state index contributed by atoms with van der Waals surface area (Å²) in [4.78, 5) is 31.6. The monoisotopic (exact) mass is 399 g/mol. The Balaban J connectivity index is 1.30. The van der Waals surface area contributed by atoms with Crippen molar-refractivity contribution in [2.24, 2.45) is 0 Å². The lowest BCUT2D eigenvalue weighted by Gasteiger charge is -2.08. The maximum atomic E-state index is 11.7. The minimum Gasteiger partial charge on any atom is -0.477 e. The minimum atomic E-state index is -0.496. The molecule has 1 aliphatic heterocycles. The van der Waals surface area contributed by atoms with E-state index in [2.05, 4.69) is 15.3 Å². The van der Waals surface area contributed by atoms with E-state index in [1.54, 1.807) is 30.7 Å². The van der Waals surface area contributed by atoms with E-state index in [4.69, 9.17) is 13.6 Å². The van der Waals surface area contributed by atoms with Crippen LogP contribution in [0.15, 0.2) is 45.6 Å². The quantitative estimate of drug-likeness (QED) is 0.646. The van der Waals surface area contributed by atoms with Crippen LogP contribution in [0.3, 0.4) is 0 Å². The Labute approximate surface area is 164 Å². The van der Waals surface area contributed by atoms with Gasteiger partial charge in [0.1, 0.15) is 11.8 Å². The third-order valence-corrected chi connectivity index (χ3v) is 5.01.